The third kappa shape index (κ3) is 18.4. The van der Waals surface area contributed by atoms with Crippen molar-refractivity contribution in [1.29, 1.82) is 0 Å². The van der Waals surface area contributed by atoms with Crippen molar-refractivity contribution < 1.29 is 28.9 Å². The zero-order valence-corrected chi connectivity index (χ0v) is 33.4. The average molecular weight is 755 g/mol. The number of unbranched alkanes of at least 4 members (excludes halogenated alkanes) is 8. The maximum atomic E-state index is 13.7. The van der Waals surface area contributed by atoms with Gasteiger partial charge in [0.15, 0.2) is 12.5 Å². The molecule has 0 N–H and O–H groups in total. The largest absolute Gasteiger partial charge is 0.438 e. The van der Waals surface area contributed by atoms with Crippen molar-refractivity contribution in [1.82, 2.24) is 9.80 Å². The van der Waals surface area contributed by atoms with Crippen LogP contribution in [0.1, 0.15) is 142 Å². The Morgan fingerprint density at radius 3 is 1.07 bits per heavy atom. The summed E-state index contributed by atoms with van der Waals surface area (Å²) in [4.78, 5) is 53.1. The van der Waals surface area contributed by atoms with Crippen molar-refractivity contribution in [3.05, 3.63) is 79.9 Å². The quantitative estimate of drug-likeness (QED) is 0.0189. The van der Waals surface area contributed by atoms with Crippen LogP contribution in [0.25, 0.3) is 0 Å². The molecular formula is C42H66N4O8. The van der Waals surface area contributed by atoms with E-state index < -0.39 is 34.2 Å². The Morgan fingerprint density at radius 1 is 0.519 bits per heavy atom. The van der Waals surface area contributed by atoms with Crippen LogP contribution in [0.3, 0.4) is 0 Å². The van der Waals surface area contributed by atoms with Crippen LogP contribution in [0.5, 0.6) is 0 Å². The molecule has 0 bridgehead atoms. The molecule has 0 aromatic heterocycles. The standard InChI is InChI=1S/C42H66N4O8/c1-5-9-13-31-43(32-14-10-6-2)39(21-17-19-35-23-27-37(28-24-35)45(49)50)53-41(47)42(48)54-40(44(33-15-11-7-3)34-16-12-8-4)22-18-20-36-25-29-38(30-26-36)46(51)52/h23-30,39-40H,5-22,31-34H2,1-4H3. The summed E-state index contributed by atoms with van der Waals surface area (Å²) in [5.41, 5.74) is 2.00. The third-order valence-corrected chi connectivity index (χ3v) is 9.79. The highest BCUT2D eigenvalue weighted by Gasteiger charge is 2.30. The molecule has 0 aliphatic carbocycles. The molecule has 302 valence electrons. The molecule has 0 amide bonds. The van der Waals surface area contributed by atoms with Gasteiger partial charge in [0.2, 0.25) is 0 Å². The lowest BCUT2D eigenvalue weighted by Crippen LogP contribution is -2.44. The van der Waals surface area contributed by atoms with Crippen LogP contribution in [-0.2, 0) is 31.9 Å². The number of hydrogen-bond donors (Lipinski definition) is 0. The van der Waals surface area contributed by atoms with Gasteiger partial charge >= 0.3 is 11.9 Å². The molecule has 0 saturated carbocycles. The fraction of sp³-hybridized carbons (Fsp3) is 0.667. The second kappa shape index (κ2) is 27.6. The van der Waals surface area contributed by atoms with E-state index in [1.165, 1.54) is 24.3 Å². The summed E-state index contributed by atoms with van der Waals surface area (Å²) >= 11 is 0. The first kappa shape index (κ1) is 46.3. The molecule has 0 saturated heterocycles. The van der Waals surface area contributed by atoms with Crippen molar-refractivity contribution >= 4 is 23.3 Å². The summed E-state index contributed by atoms with van der Waals surface area (Å²) < 4.78 is 12.1. The Balaban J connectivity index is 2.25. The van der Waals surface area contributed by atoms with Crippen molar-refractivity contribution in [2.45, 2.75) is 156 Å². The zero-order valence-electron chi connectivity index (χ0n) is 33.4. The predicted molar refractivity (Wildman–Crippen MR) is 213 cm³/mol. The van der Waals surface area contributed by atoms with Gasteiger partial charge in [-0.3, -0.25) is 30.0 Å². The van der Waals surface area contributed by atoms with Crippen LogP contribution in [0.4, 0.5) is 11.4 Å². The molecule has 12 nitrogen and oxygen atoms in total. The minimum absolute atomic E-state index is 0.0426. The predicted octanol–water partition coefficient (Wildman–Crippen LogP) is 9.95. The Bertz CT molecular complexity index is 1230. The average Bonchev–Trinajstić information content (AvgIpc) is 3.16. The van der Waals surface area contributed by atoms with Gasteiger partial charge in [-0.05, 0) is 75.3 Å². The lowest BCUT2D eigenvalue weighted by molar-refractivity contribution is -0.385. The van der Waals surface area contributed by atoms with Crippen LogP contribution in [0.15, 0.2) is 48.5 Å². The van der Waals surface area contributed by atoms with Crippen LogP contribution < -0.4 is 0 Å². The second-order valence-corrected chi connectivity index (χ2v) is 14.3. The van der Waals surface area contributed by atoms with E-state index in [0.717, 1.165) is 114 Å². The van der Waals surface area contributed by atoms with Crippen molar-refractivity contribution in [2.24, 2.45) is 0 Å². The number of carbonyl (C=O) groups is 2. The van der Waals surface area contributed by atoms with Crippen LogP contribution in [0.2, 0.25) is 0 Å². The van der Waals surface area contributed by atoms with Gasteiger partial charge in [-0.1, -0.05) is 103 Å². The van der Waals surface area contributed by atoms with Gasteiger partial charge < -0.3 is 9.47 Å². The lowest BCUT2D eigenvalue weighted by atomic mass is 10.1. The maximum Gasteiger partial charge on any atom is 0.419 e. The summed E-state index contributed by atoms with van der Waals surface area (Å²) in [6.45, 7) is 11.6. The number of nitrogens with zero attached hydrogens (tertiary/aromatic N) is 4. The number of benzene rings is 2. The van der Waals surface area contributed by atoms with E-state index in [-0.39, 0.29) is 11.4 Å². The zero-order chi connectivity index (χ0) is 39.6. The van der Waals surface area contributed by atoms with E-state index >= 15 is 0 Å². The molecule has 0 fully saturated rings. The Kier molecular flexibility index (Phi) is 23.7. The maximum absolute atomic E-state index is 13.7. The number of carbonyl (C=O) groups excluding carboxylic acids is 2. The molecule has 2 aromatic carbocycles. The topological polar surface area (TPSA) is 145 Å². The molecule has 2 rings (SSSR count). The number of nitro benzene ring substituents is 2. The van der Waals surface area contributed by atoms with E-state index in [1.807, 2.05) is 0 Å². The Hall–Kier alpha value is -3.90. The molecule has 12 heteroatoms. The number of ether oxygens (including phenoxy) is 2. The van der Waals surface area contributed by atoms with Gasteiger partial charge in [-0.2, -0.15) is 0 Å². The van der Waals surface area contributed by atoms with E-state index in [9.17, 15) is 29.8 Å². The first-order valence-electron chi connectivity index (χ1n) is 20.5. The fourth-order valence-corrected chi connectivity index (χ4v) is 6.56. The van der Waals surface area contributed by atoms with Gasteiger partial charge in [0.05, 0.1) is 9.85 Å². The molecule has 0 aliphatic rings. The normalized spacial score (nSPS) is 12.5. The van der Waals surface area contributed by atoms with Gasteiger partial charge in [-0.25, -0.2) is 9.59 Å². The Labute approximate surface area is 323 Å². The van der Waals surface area contributed by atoms with Crippen LogP contribution in [0, 0.1) is 20.2 Å². The third-order valence-electron chi connectivity index (χ3n) is 9.79. The van der Waals surface area contributed by atoms with Crippen LogP contribution in [-0.4, -0.2) is 70.2 Å². The number of non-ortho nitro benzene ring substituents is 2. The van der Waals surface area contributed by atoms with Gasteiger partial charge in [0.1, 0.15) is 0 Å². The number of hydrogen-bond acceptors (Lipinski definition) is 10. The van der Waals surface area contributed by atoms with Gasteiger partial charge in [0.25, 0.3) is 11.4 Å². The monoisotopic (exact) mass is 754 g/mol. The molecule has 2 atom stereocenters. The second-order valence-electron chi connectivity index (χ2n) is 14.3. The van der Waals surface area contributed by atoms with E-state index in [4.69, 9.17) is 9.47 Å². The van der Waals surface area contributed by atoms with E-state index in [0.29, 0.717) is 38.5 Å². The van der Waals surface area contributed by atoms with Crippen molar-refractivity contribution in [3.63, 3.8) is 0 Å². The Morgan fingerprint density at radius 2 is 0.815 bits per heavy atom. The molecule has 0 spiro atoms. The lowest BCUT2D eigenvalue weighted by Gasteiger charge is -2.33. The van der Waals surface area contributed by atoms with E-state index in [1.54, 1.807) is 24.3 Å². The molecule has 0 radical (unpaired) electrons. The first-order chi connectivity index (χ1) is 26.1. The summed E-state index contributed by atoms with van der Waals surface area (Å²) in [5.74, 6) is -1.98. The summed E-state index contributed by atoms with van der Waals surface area (Å²) in [6, 6.07) is 13.0. The van der Waals surface area contributed by atoms with Crippen LogP contribution >= 0.6 is 0 Å². The SMILES string of the molecule is CCCCCN(CCCCC)C(CCCc1ccc([N+](=O)[O-])cc1)OC(=O)C(=O)OC(CCCc1ccc([N+](=O)[O-])cc1)N(CCCCC)CCCCC. The summed E-state index contributed by atoms with van der Waals surface area (Å²) in [6.07, 6.45) is 14.6. The highest BCUT2D eigenvalue weighted by atomic mass is 16.6. The highest BCUT2D eigenvalue weighted by molar-refractivity contribution is 6.29. The van der Waals surface area contributed by atoms with Gasteiger partial charge in [-0.15, -0.1) is 0 Å². The fourth-order valence-electron chi connectivity index (χ4n) is 6.56. The molecule has 0 aliphatic heterocycles. The molecule has 54 heavy (non-hydrogen) atoms. The molecular weight excluding hydrogens is 688 g/mol. The number of nitro groups is 2. The minimum atomic E-state index is -0.992. The smallest absolute Gasteiger partial charge is 0.419 e. The number of esters is 2. The summed E-state index contributed by atoms with van der Waals surface area (Å²) in [7, 11) is 0. The van der Waals surface area contributed by atoms with Crippen molar-refractivity contribution in [3.8, 4) is 0 Å². The highest BCUT2D eigenvalue weighted by Crippen LogP contribution is 2.21. The first-order valence-corrected chi connectivity index (χ1v) is 20.5. The summed E-state index contributed by atoms with van der Waals surface area (Å²) in [5, 5.41) is 22.2. The van der Waals surface area contributed by atoms with E-state index in [2.05, 4.69) is 37.5 Å². The van der Waals surface area contributed by atoms with Crippen molar-refractivity contribution in [2.75, 3.05) is 26.2 Å². The molecule has 2 aromatic rings. The minimum Gasteiger partial charge on any atom is -0.438 e. The molecule has 0 heterocycles. The molecule has 2 unspecified atom stereocenters. The number of rotatable bonds is 30. The van der Waals surface area contributed by atoms with Gasteiger partial charge in [0, 0.05) is 50.4 Å². The number of aryl methyl sites for hydroxylation is 2.